The Morgan fingerprint density at radius 3 is 2.17 bits per heavy atom. The van der Waals surface area contributed by atoms with Crippen LogP contribution in [0.15, 0.2) is 36.5 Å². The molecule has 1 aromatic heterocycles. The standard InChI is InChI=1S/C27H26N2O/c28-16-18-8-7-9-20-19(18)10-11-21-23-22(17-29-24(20)21)26(12-3-1-4-13-26)25(30)27(23)14-5-2-6-15-27/h7-11,17H,1-6,12-15H2. The molecule has 3 aliphatic rings. The number of pyridine rings is 1. The molecule has 0 radical (unpaired) electrons. The third-order valence-corrected chi connectivity index (χ3v) is 8.29. The zero-order valence-corrected chi connectivity index (χ0v) is 17.3. The maximum atomic E-state index is 14.3. The third kappa shape index (κ3) is 2.15. The molecule has 3 heteroatoms. The van der Waals surface area contributed by atoms with Crippen LogP contribution in [0.1, 0.15) is 80.9 Å². The van der Waals surface area contributed by atoms with Gasteiger partial charge in [-0.3, -0.25) is 9.78 Å². The van der Waals surface area contributed by atoms with Crippen molar-refractivity contribution in [1.29, 1.82) is 5.26 Å². The number of carbonyl (C=O) groups is 1. The summed E-state index contributed by atoms with van der Waals surface area (Å²) < 4.78 is 0. The SMILES string of the molecule is N#Cc1cccc2c1ccc1c3c(cnc12)C1(CCCCC1)C(=O)C31CCCCC1. The lowest BCUT2D eigenvalue weighted by atomic mass is 9.63. The lowest BCUT2D eigenvalue weighted by Gasteiger charge is -2.38. The molecule has 30 heavy (non-hydrogen) atoms. The Morgan fingerprint density at radius 2 is 1.47 bits per heavy atom. The van der Waals surface area contributed by atoms with E-state index in [9.17, 15) is 10.1 Å². The number of fused-ring (bicyclic) bond motifs is 7. The van der Waals surface area contributed by atoms with E-state index in [1.54, 1.807) is 0 Å². The van der Waals surface area contributed by atoms with Crippen molar-refractivity contribution in [1.82, 2.24) is 4.98 Å². The van der Waals surface area contributed by atoms with Crippen molar-refractivity contribution in [3.05, 3.63) is 53.2 Å². The summed E-state index contributed by atoms with van der Waals surface area (Å²) in [4.78, 5) is 19.2. The molecule has 2 saturated carbocycles. The van der Waals surface area contributed by atoms with Crippen LogP contribution in [0.3, 0.4) is 0 Å². The van der Waals surface area contributed by atoms with Crippen LogP contribution in [0.25, 0.3) is 21.7 Å². The van der Waals surface area contributed by atoms with Gasteiger partial charge >= 0.3 is 0 Å². The Morgan fingerprint density at radius 1 is 0.800 bits per heavy atom. The van der Waals surface area contributed by atoms with Crippen molar-refractivity contribution >= 4 is 27.5 Å². The molecule has 1 heterocycles. The molecule has 2 aromatic carbocycles. The van der Waals surface area contributed by atoms with Gasteiger partial charge in [0.25, 0.3) is 0 Å². The molecule has 2 fully saturated rings. The first-order chi connectivity index (χ1) is 14.7. The highest BCUT2D eigenvalue weighted by atomic mass is 16.1. The first kappa shape index (κ1) is 18.1. The lowest BCUT2D eigenvalue weighted by Crippen LogP contribution is -2.44. The van der Waals surface area contributed by atoms with Crippen LogP contribution in [-0.2, 0) is 15.6 Å². The molecular weight excluding hydrogens is 368 g/mol. The second-order valence-corrected chi connectivity index (χ2v) is 9.64. The number of hydrogen-bond acceptors (Lipinski definition) is 3. The molecule has 6 rings (SSSR count). The summed E-state index contributed by atoms with van der Waals surface area (Å²) in [6.45, 7) is 0. The largest absolute Gasteiger partial charge is 0.298 e. The van der Waals surface area contributed by atoms with Gasteiger partial charge in [-0.15, -0.1) is 0 Å². The summed E-state index contributed by atoms with van der Waals surface area (Å²) in [6.07, 6.45) is 13.0. The van der Waals surface area contributed by atoms with Crippen molar-refractivity contribution in [2.45, 2.75) is 75.0 Å². The highest BCUT2D eigenvalue weighted by Gasteiger charge is 2.60. The molecule has 0 amide bonds. The van der Waals surface area contributed by atoms with E-state index in [-0.39, 0.29) is 10.8 Å². The minimum Gasteiger partial charge on any atom is -0.298 e. The Labute approximate surface area is 177 Å². The zero-order valence-electron chi connectivity index (χ0n) is 17.3. The number of hydrogen-bond donors (Lipinski definition) is 0. The Bertz CT molecular complexity index is 1240. The number of nitriles is 1. The van der Waals surface area contributed by atoms with E-state index >= 15 is 0 Å². The van der Waals surface area contributed by atoms with Crippen LogP contribution in [0.5, 0.6) is 0 Å². The van der Waals surface area contributed by atoms with Crippen LogP contribution >= 0.6 is 0 Å². The minimum atomic E-state index is -0.327. The van der Waals surface area contributed by atoms with Gasteiger partial charge in [0.2, 0.25) is 0 Å². The molecule has 3 aliphatic carbocycles. The highest BCUT2D eigenvalue weighted by Crippen LogP contribution is 2.59. The molecule has 3 aromatic rings. The van der Waals surface area contributed by atoms with Gasteiger partial charge < -0.3 is 0 Å². The fourth-order valence-electron chi connectivity index (χ4n) is 6.98. The molecule has 0 bridgehead atoms. The number of rotatable bonds is 0. The number of aromatic nitrogens is 1. The van der Waals surface area contributed by atoms with Crippen LogP contribution in [0, 0.1) is 11.3 Å². The molecule has 0 saturated heterocycles. The molecule has 0 atom stereocenters. The summed E-state index contributed by atoms with van der Waals surface area (Å²) in [5.74, 6) is 0.504. The van der Waals surface area contributed by atoms with Gasteiger partial charge in [0.05, 0.1) is 28.0 Å². The quantitative estimate of drug-likeness (QED) is 0.424. The molecule has 3 nitrogen and oxygen atoms in total. The van der Waals surface area contributed by atoms with Gasteiger partial charge in [-0.1, -0.05) is 62.8 Å². The molecule has 2 spiro atoms. The van der Waals surface area contributed by atoms with E-state index in [2.05, 4.69) is 24.3 Å². The van der Waals surface area contributed by atoms with Crippen molar-refractivity contribution in [2.75, 3.05) is 0 Å². The van der Waals surface area contributed by atoms with Crippen molar-refractivity contribution in [2.24, 2.45) is 0 Å². The maximum Gasteiger partial charge on any atom is 0.153 e. The smallest absolute Gasteiger partial charge is 0.153 e. The van der Waals surface area contributed by atoms with Crippen LogP contribution in [0.4, 0.5) is 0 Å². The van der Waals surface area contributed by atoms with Crippen LogP contribution in [-0.4, -0.2) is 10.8 Å². The van der Waals surface area contributed by atoms with Gasteiger partial charge in [-0.2, -0.15) is 5.26 Å². The summed E-state index contributed by atoms with van der Waals surface area (Å²) in [5.41, 5.74) is 3.53. The fourth-order valence-corrected chi connectivity index (χ4v) is 6.98. The van der Waals surface area contributed by atoms with Gasteiger partial charge in [-0.05, 0) is 42.9 Å². The highest BCUT2D eigenvalue weighted by molar-refractivity contribution is 6.13. The van der Waals surface area contributed by atoms with Crippen molar-refractivity contribution in [3.63, 3.8) is 0 Å². The van der Waals surface area contributed by atoms with E-state index in [1.165, 1.54) is 24.0 Å². The van der Waals surface area contributed by atoms with Crippen LogP contribution in [0.2, 0.25) is 0 Å². The molecule has 150 valence electrons. The molecule has 0 unspecified atom stereocenters. The predicted molar refractivity (Wildman–Crippen MR) is 118 cm³/mol. The summed E-state index contributed by atoms with van der Waals surface area (Å²) in [5, 5.41) is 12.7. The maximum absolute atomic E-state index is 14.3. The Balaban J connectivity index is 1.71. The van der Waals surface area contributed by atoms with E-state index in [0.717, 1.165) is 73.0 Å². The van der Waals surface area contributed by atoms with Crippen molar-refractivity contribution < 1.29 is 4.79 Å². The summed E-state index contributed by atoms with van der Waals surface area (Å²) >= 11 is 0. The van der Waals surface area contributed by atoms with Crippen molar-refractivity contribution in [3.8, 4) is 6.07 Å². The molecule has 0 aliphatic heterocycles. The fraction of sp³-hybridized carbons (Fsp3) is 0.444. The van der Waals surface area contributed by atoms with E-state index in [0.29, 0.717) is 11.3 Å². The Kier molecular flexibility index (Phi) is 3.84. The summed E-state index contributed by atoms with van der Waals surface area (Å²) in [7, 11) is 0. The van der Waals surface area contributed by atoms with Gasteiger partial charge in [-0.25, -0.2) is 0 Å². The first-order valence-corrected chi connectivity index (χ1v) is 11.5. The van der Waals surface area contributed by atoms with E-state index in [1.807, 2.05) is 18.3 Å². The topological polar surface area (TPSA) is 53.8 Å². The lowest BCUT2D eigenvalue weighted by molar-refractivity contribution is -0.131. The first-order valence-electron chi connectivity index (χ1n) is 11.5. The average Bonchev–Trinajstić information content (AvgIpc) is 2.99. The second-order valence-electron chi connectivity index (χ2n) is 9.64. The molecular formula is C27H26N2O. The number of carbonyl (C=O) groups excluding carboxylic acids is 1. The predicted octanol–water partition coefficient (Wildman–Crippen LogP) is 6.25. The number of nitrogens with zero attached hydrogens (tertiary/aromatic N) is 2. The van der Waals surface area contributed by atoms with Gasteiger partial charge in [0.1, 0.15) is 0 Å². The number of ketones is 1. The average molecular weight is 395 g/mol. The third-order valence-electron chi connectivity index (χ3n) is 8.29. The number of benzene rings is 2. The normalized spacial score (nSPS) is 21.9. The second kappa shape index (κ2) is 6.38. The van der Waals surface area contributed by atoms with E-state index in [4.69, 9.17) is 4.98 Å². The minimum absolute atomic E-state index is 0.310. The van der Waals surface area contributed by atoms with Gasteiger partial charge in [0, 0.05) is 22.4 Å². The van der Waals surface area contributed by atoms with Crippen LogP contribution < -0.4 is 0 Å². The molecule has 0 N–H and O–H groups in total. The number of Topliss-reactive ketones (excluding diaryl/α,β-unsaturated/α-hetero) is 1. The summed E-state index contributed by atoms with van der Waals surface area (Å²) in [6, 6.07) is 12.4. The monoisotopic (exact) mass is 394 g/mol. The Hall–Kier alpha value is -2.73. The van der Waals surface area contributed by atoms with Gasteiger partial charge in [0.15, 0.2) is 5.78 Å². The zero-order chi connectivity index (χ0) is 20.3. The van der Waals surface area contributed by atoms with E-state index < -0.39 is 0 Å².